The molecule has 2 aromatic carbocycles. The number of hydrogen-bond acceptors (Lipinski definition) is 5. The largest absolute Gasteiger partial charge is 0.447 e. The molecule has 0 radical (unpaired) electrons. The summed E-state index contributed by atoms with van der Waals surface area (Å²) in [6.45, 7) is 3.71. The molecule has 0 aromatic heterocycles. The molecule has 0 aliphatic rings. The number of imide groups is 1. The average Bonchev–Trinajstić information content (AvgIpc) is 2.73. The SMILES string of the molecule is CCNC(=O)NC(=O)C(OC(=O)CC(C)NC(=O)c1ccccc1)c1ccccc1. The van der Waals surface area contributed by atoms with E-state index in [0.717, 1.165) is 0 Å². The molecular weight excluding hydrogens is 386 g/mol. The van der Waals surface area contributed by atoms with E-state index in [0.29, 0.717) is 17.7 Å². The van der Waals surface area contributed by atoms with Crippen molar-refractivity contribution in [3.63, 3.8) is 0 Å². The van der Waals surface area contributed by atoms with Crippen molar-refractivity contribution in [3.05, 3.63) is 71.8 Å². The topological polar surface area (TPSA) is 114 Å². The van der Waals surface area contributed by atoms with Crippen molar-refractivity contribution in [3.8, 4) is 0 Å². The van der Waals surface area contributed by atoms with E-state index in [1.165, 1.54) is 0 Å². The van der Waals surface area contributed by atoms with Gasteiger partial charge in [0.1, 0.15) is 0 Å². The predicted molar refractivity (Wildman–Crippen MR) is 110 cm³/mol. The first-order valence-corrected chi connectivity index (χ1v) is 9.59. The minimum Gasteiger partial charge on any atom is -0.447 e. The Morgan fingerprint density at radius 3 is 2.13 bits per heavy atom. The smallest absolute Gasteiger partial charge is 0.321 e. The monoisotopic (exact) mass is 411 g/mol. The Morgan fingerprint density at radius 2 is 1.53 bits per heavy atom. The van der Waals surface area contributed by atoms with Gasteiger partial charge in [-0.05, 0) is 26.0 Å². The van der Waals surface area contributed by atoms with Crippen molar-refractivity contribution in [1.29, 1.82) is 0 Å². The normalized spacial score (nSPS) is 12.2. The summed E-state index contributed by atoms with van der Waals surface area (Å²) in [6.07, 6.45) is -1.44. The third kappa shape index (κ3) is 7.05. The van der Waals surface area contributed by atoms with Gasteiger partial charge in [0.2, 0.25) is 6.10 Å². The summed E-state index contributed by atoms with van der Waals surface area (Å²) in [5.74, 6) is -1.76. The molecule has 0 saturated carbocycles. The number of esters is 1. The summed E-state index contributed by atoms with van der Waals surface area (Å²) >= 11 is 0. The molecule has 2 aromatic rings. The number of benzene rings is 2. The van der Waals surface area contributed by atoms with Crippen molar-refractivity contribution in [2.24, 2.45) is 0 Å². The van der Waals surface area contributed by atoms with Crippen LogP contribution in [0, 0.1) is 0 Å². The summed E-state index contributed by atoms with van der Waals surface area (Å²) < 4.78 is 5.35. The van der Waals surface area contributed by atoms with Crippen molar-refractivity contribution in [2.75, 3.05) is 6.54 Å². The number of carbonyl (C=O) groups excluding carboxylic acids is 4. The Kier molecular flexibility index (Phi) is 8.56. The Bertz CT molecular complexity index is 871. The van der Waals surface area contributed by atoms with Crippen LogP contribution in [-0.4, -0.2) is 36.4 Å². The molecule has 0 heterocycles. The number of rotatable bonds is 8. The maximum atomic E-state index is 12.5. The van der Waals surface area contributed by atoms with Crippen LogP contribution in [0.15, 0.2) is 60.7 Å². The van der Waals surface area contributed by atoms with Crippen molar-refractivity contribution in [1.82, 2.24) is 16.0 Å². The van der Waals surface area contributed by atoms with Crippen molar-refractivity contribution >= 4 is 23.8 Å². The van der Waals surface area contributed by atoms with Crippen LogP contribution in [0.5, 0.6) is 0 Å². The van der Waals surface area contributed by atoms with Gasteiger partial charge in [-0.25, -0.2) is 4.79 Å². The van der Waals surface area contributed by atoms with E-state index < -0.39 is 30.1 Å². The third-order valence-corrected chi connectivity index (χ3v) is 4.05. The van der Waals surface area contributed by atoms with Gasteiger partial charge in [-0.2, -0.15) is 0 Å². The standard InChI is InChI=1S/C22H25N3O5/c1-3-23-22(29)25-21(28)19(16-10-6-4-7-11-16)30-18(26)14-15(2)24-20(27)17-12-8-5-9-13-17/h4-13,15,19H,3,14H2,1-2H3,(H,24,27)(H2,23,25,28,29). The average molecular weight is 411 g/mol. The van der Waals surface area contributed by atoms with Crippen LogP contribution in [0.1, 0.15) is 42.3 Å². The van der Waals surface area contributed by atoms with Gasteiger partial charge < -0.3 is 15.4 Å². The second-order valence-electron chi connectivity index (χ2n) is 6.57. The lowest BCUT2D eigenvalue weighted by atomic mass is 10.1. The fourth-order valence-corrected chi connectivity index (χ4v) is 2.66. The van der Waals surface area contributed by atoms with Crippen LogP contribution in [0.3, 0.4) is 0 Å². The second-order valence-corrected chi connectivity index (χ2v) is 6.57. The summed E-state index contributed by atoms with van der Waals surface area (Å²) in [6, 6.07) is 15.8. The molecule has 0 fully saturated rings. The van der Waals surface area contributed by atoms with E-state index in [1.807, 2.05) is 0 Å². The van der Waals surface area contributed by atoms with Crippen LogP contribution in [0.4, 0.5) is 4.79 Å². The zero-order valence-corrected chi connectivity index (χ0v) is 16.9. The summed E-state index contributed by atoms with van der Waals surface area (Å²) in [7, 11) is 0. The molecule has 158 valence electrons. The predicted octanol–water partition coefficient (Wildman–Crippen LogP) is 2.33. The molecule has 0 bridgehead atoms. The summed E-state index contributed by atoms with van der Waals surface area (Å²) in [5, 5.41) is 7.32. The van der Waals surface area contributed by atoms with Crippen molar-refractivity contribution < 1.29 is 23.9 Å². The summed E-state index contributed by atoms with van der Waals surface area (Å²) in [4.78, 5) is 48.8. The van der Waals surface area contributed by atoms with Crippen LogP contribution < -0.4 is 16.0 Å². The van der Waals surface area contributed by atoms with Gasteiger partial charge in [0, 0.05) is 23.7 Å². The fourth-order valence-electron chi connectivity index (χ4n) is 2.66. The molecule has 0 aliphatic heterocycles. The molecule has 2 rings (SSSR count). The molecule has 2 unspecified atom stereocenters. The zero-order chi connectivity index (χ0) is 21.9. The highest BCUT2D eigenvalue weighted by Crippen LogP contribution is 2.18. The number of ether oxygens (including phenoxy) is 1. The molecule has 8 nitrogen and oxygen atoms in total. The molecule has 8 heteroatoms. The first-order chi connectivity index (χ1) is 14.4. The molecule has 0 spiro atoms. The summed E-state index contributed by atoms with van der Waals surface area (Å²) in [5.41, 5.74) is 0.898. The maximum Gasteiger partial charge on any atom is 0.321 e. The van der Waals surface area contributed by atoms with Crippen molar-refractivity contribution in [2.45, 2.75) is 32.4 Å². The van der Waals surface area contributed by atoms with Crippen LogP contribution in [0.25, 0.3) is 0 Å². The first kappa shape index (κ1) is 22.6. The lowest BCUT2D eigenvalue weighted by Crippen LogP contribution is -2.43. The van der Waals surface area contributed by atoms with E-state index in [2.05, 4.69) is 16.0 Å². The Labute approximate surface area is 175 Å². The number of nitrogens with one attached hydrogen (secondary N) is 3. The first-order valence-electron chi connectivity index (χ1n) is 9.59. The van der Waals surface area contributed by atoms with E-state index in [4.69, 9.17) is 4.74 Å². The van der Waals surface area contributed by atoms with E-state index in [1.54, 1.807) is 74.5 Å². The van der Waals surface area contributed by atoms with Gasteiger partial charge in [0.15, 0.2) is 0 Å². The van der Waals surface area contributed by atoms with E-state index in [-0.39, 0.29) is 12.3 Å². The third-order valence-electron chi connectivity index (χ3n) is 4.05. The molecule has 4 amide bonds. The number of amides is 4. The van der Waals surface area contributed by atoms with Gasteiger partial charge in [-0.3, -0.25) is 19.7 Å². The van der Waals surface area contributed by atoms with Crippen LogP contribution in [0.2, 0.25) is 0 Å². The maximum absolute atomic E-state index is 12.5. The molecule has 30 heavy (non-hydrogen) atoms. The van der Waals surface area contributed by atoms with E-state index >= 15 is 0 Å². The lowest BCUT2D eigenvalue weighted by Gasteiger charge is -2.19. The highest BCUT2D eigenvalue weighted by atomic mass is 16.5. The van der Waals surface area contributed by atoms with Crippen LogP contribution >= 0.6 is 0 Å². The molecule has 3 N–H and O–H groups in total. The van der Waals surface area contributed by atoms with Gasteiger partial charge in [0.25, 0.3) is 11.8 Å². The Balaban J connectivity index is 2.00. The van der Waals surface area contributed by atoms with Gasteiger partial charge >= 0.3 is 12.0 Å². The number of hydrogen-bond donors (Lipinski definition) is 3. The zero-order valence-electron chi connectivity index (χ0n) is 16.9. The second kappa shape index (κ2) is 11.4. The minimum atomic E-state index is -1.29. The fraction of sp³-hybridized carbons (Fsp3) is 0.273. The van der Waals surface area contributed by atoms with Gasteiger partial charge in [0.05, 0.1) is 6.42 Å². The van der Waals surface area contributed by atoms with E-state index in [9.17, 15) is 19.2 Å². The molecular formula is C22H25N3O5. The highest BCUT2D eigenvalue weighted by Gasteiger charge is 2.27. The quantitative estimate of drug-likeness (QED) is 0.577. The Morgan fingerprint density at radius 1 is 0.933 bits per heavy atom. The Hall–Kier alpha value is -3.68. The highest BCUT2D eigenvalue weighted by molar-refractivity contribution is 5.98. The molecule has 2 atom stereocenters. The minimum absolute atomic E-state index is 0.143. The van der Waals surface area contributed by atoms with Gasteiger partial charge in [-0.1, -0.05) is 48.5 Å². The molecule has 0 aliphatic carbocycles. The number of urea groups is 1. The van der Waals surface area contributed by atoms with Gasteiger partial charge in [-0.15, -0.1) is 0 Å². The lowest BCUT2D eigenvalue weighted by molar-refractivity contribution is -0.156. The molecule has 0 saturated heterocycles. The van der Waals surface area contributed by atoms with Crippen LogP contribution in [-0.2, 0) is 14.3 Å². The number of carbonyl (C=O) groups is 4.